The van der Waals surface area contributed by atoms with Gasteiger partial charge in [-0.1, -0.05) is 18.2 Å². The summed E-state index contributed by atoms with van der Waals surface area (Å²) < 4.78 is 17.4. The number of methoxy groups -OCH3 is 1. The number of carbonyl (C=O) groups excluding carboxylic acids is 2. The number of esters is 1. The Labute approximate surface area is 127 Å². The van der Waals surface area contributed by atoms with Crippen LogP contribution in [-0.4, -0.2) is 19.0 Å². The summed E-state index contributed by atoms with van der Waals surface area (Å²) in [6.07, 6.45) is 2.90. The molecule has 0 spiro atoms. The maximum absolute atomic E-state index is 12.8. The fourth-order valence-electron chi connectivity index (χ4n) is 1.77. The molecule has 0 aliphatic heterocycles. The highest BCUT2D eigenvalue weighted by Gasteiger charge is 2.06. The quantitative estimate of drug-likeness (QED) is 0.696. The van der Waals surface area contributed by atoms with Gasteiger partial charge in [0.2, 0.25) is 5.91 Å². The van der Waals surface area contributed by atoms with E-state index in [1.807, 2.05) is 0 Å². The van der Waals surface area contributed by atoms with Crippen LogP contribution in [0.3, 0.4) is 0 Å². The molecule has 1 amide bonds. The van der Waals surface area contributed by atoms with E-state index in [4.69, 9.17) is 0 Å². The molecule has 0 heterocycles. The number of nitrogens with one attached hydrogen (secondary N) is 1. The van der Waals surface area contributed by atoms with Gasteiger partial charge < -0.3 is 10.1 Å². The summed E-state index contributed by atoms with van der Waals surface area (Å²) in [4.78, 5) is 23.2. The zero-order valence-corrected chi connectivity index (χ0v) is 11.9. The van der Waals surface area contributed by atoms with Gasteiger partial charge in [-0.2, -0.15) is 0 Å². The van der Waals surface area contributed by atoms with E-state index in [1.54, 1.807) is 36.4 Å². The highest BCUT2D eigenvalue weighted by molar-refractivity contribution is 6.02. The molecule has 1 N–H and O–H groups in total. The van der Waals surface area contributed by atoms with Gasteiger partial charge in [0.25, 0.3) is 0 Å². The Kier molecular flexibility index (Phi) is 5.03. The molecule has 112 valence electrons. The summed E-state index contributed by atoms with van der Waals surface area (Å²) in [5, 5.41) is 2.64. The Morgan fingerprint density at radius 1 is 1.14 bits per heavy atom. The van der Waals surface area contributed by atoms with Crippen LogP contribution in [0, 0.1) is 5.82 Å². The van der Waals surface area contributed by atoms with Crippen molar-refractivity contribution < 1.29 is 18.7 Å². The average molecular weight is 299 g/mol. The number of amides is 1. The van der Waals surface area contributed by atoms with Gasteiger partial charge in [0, 0.05) is 11.8 Å². The maximum Gasteiger partial charge on any atom is 0.337 e. The second-order valence-corrected chi connectivity index (χ2v) is 4.45. The molecule has 0 fully saturated rings. The van der Waals surface area contributed by atoms with Crippen LogP contribution < -0.4 is 5.32 Å². The Bertz CT molecular complexity index is 708. The van der Waals surface area contributed by atoms with Crippen LogP contribution in [0.2, 0.25) is 0 Å². The van der Waals surface area contributed by atoms with E-state index in [0.29, 0.717) is 16.8 Å². The van der Waals surface area contributed by atoms with E-state index in [9.17, 15) is 14.0 Å². The lowest BCUT2D eigenvalue weighted by molar-refractivity contribution is -0.111. The zero-order valence-electron chi connectivity index (χ0n) is 11.9. The van der Waals surface area contributed by atoms with E-state index in [0.717, 1.165) is 0 Å². The van der Waals surface area contributed by atoms with Crippen LogP contribution in [0.25, 0.3) is 6.08 Å². The van der Waals surface area contributed by atoms with Crippen molar-refractivity contribution in [2.75, 3.05) is 12.4 Å². The van der Waals surface area contributed by atoms with Gasteiger partial charge >= 0.3 is 5.97 Å². The first-order valence-electron chi connectivity index (χ1n) is 6.51. The van der Waals surface area contributed by atoms with Gasteiger partial charge in [0.15, 0.2) is 0 Å². The molecule has 5 heteroatoms. The first-order valence-corrected chi connectivity index (χ1v) is 6.51. The van der Waals surface area contributed by atoms with Gasteiger partial charge in [-0.05, 0) is 42.0 Å². The van der Waals surface area contributed by atoms with E-state index < -0.39 is 5.97 Å². The van der Waals surface area contributed by atoms with Crippen LogP contribution >= 0.6 is 0 Å². The fraction of sp³-hybridized carbons (Fsp3) is 0.0588. The first-order chi connectivity index (χ1) is 10.6. The van der Waals surface area contributed by atoms with Crippen LogP contribution in [0.5, 0.6) is 0 Å². The van der Waals surface area contributed by atoms with Crippen LogP contribution in [0.15, 0.2) is 54.6 Å². The predicted octanol–water partition coefficient (Wildman–Crippen LogP) is 3.26. The average Bonchev–Trinajstić information content (AvgIpc) is 2.54. The van der Waals surface area contributed by atoms with E-state index in [1.165, 1.54) is 31.4 Å². The molecule has 0 bridgehead atoms. The summed E-state index contributed by atoms with van der Waals surface area (Å²) in [5.74, 6) is -1.16. The normalized spacial score (nSPS) is 10.5. The second kappa shape index (κ2) is 7.17. The molecular formula is C17H14FNO3. The summed E-state index contributed by atoms with van der Waals surface area (Å²) in [5.41, 5.74) is 1.54. The molecule has 0 radical (unpaired) electrons. The van der Waals surface area contributed by atoms with Gasteiger partial charge in [-0.3, -0.25) is 4.79 Å². The number of hydrogen-bond donors (Lipinski definition) is 1. The lowest BCUT2D eigenvalue weighted by Gasteiger charge is -2.04. The monoisotopic (exact) mass is 299 g/mol. The van der Waals surface area contributed by atoms with Crippen molar-refractivity contribution in [3.05, 3.63) is 71.6 Å². The SMILES string of the molecule is COC(=O)c1cccc(NC(=O)/C=C/c2ccc(F)cc2)c1. The molecule has 0 aromatic heterocycles. The molecule has 0 aliphatic rings. The Morgan fingerprint density at radius 3 is 2.55 bits per heavy atom. The summed E-state index contributed by atoms with van der Waals surface area (Å²) in [7, 11) is 1.29. The van der Waals surface area contributed by atoms with Crippen molar-refractivity contribution in [3.8, 4) is 0 Å². The van der Waals surface area contributed by atoms with Gasteiger partial charge in [0.1, 0.15) is 5.82 Å². The zero-order chi connectivity index (χ0) is 15.9. The molecule has 0 unspecified atom stereocenters. The number of halogens is 1. The Hall–Kier alpha value is -2.95. The second-order valence-electron chi connectivity index (χ2n) is 4.45. The molecule has 0 saturated carbocycles. The van der Waals surface area contributed by atoms with Crippen LogP contribution in [0.1, 0.15) is 15.9 Å². The summed E-state index contributed by atoms with van der Waals surface area (Å²) in [6.45, 7) is 0. The van der Waals surface area contributed by atoms with Crippen molar-refractivity contribution in [1.82, 2.24) is 0 Å². The van der Waals surface area contributed by atoms with Crippen molar-refractivity contribution in [2.45, 2.75) is 0 Å². The number of hydrogen-bond acceptors (Lipinski definition) is 3. The number of anilines is 1. The third-order valence-corrected chi connectivity index (χ3v) is 2.85. The molecule has 22 heavy (non-hydrogen) atoms. The van der Waals surface area contributed by atoms with Crippen molar-refractivity contribution in [2.24, 2.45) is 0 Å². The molecule has 0 aliphatic carbocycles. The third kappa shape index (κ3) is 4.28. The minimum Gasteiger partial charge on any atom is -0.465 e. The van der Waals surface area contributed by atoms with Gasteiger partial charge in [-0.25, -0.2) is 9.18 Å². The van der Waals surface area contributed by atoms with E-state index >= 15 is 0 Å². The minimum absolute atomic E-state index is 0.332. The molecule has 2 aromatic rings. The minimum atomic E-state index is -0.474. The molecule has 2 rings (SSSR count). The van der Waals surface area contributed by atoms with Crippen LogP contribution in [0.4, 0.5) is 10.1 Å². The first kappa shape index (κ1) is 15.4. The molecular weight excluding hydrogens is 285 g/mol. The summed E-state index contributed by atoms with van der Waals surface area (Å²) >= 11 is 0. The van der Waals surface area contributed by atoms with Crippen LogP contribution in [-0.2, 0) is 9.53 Å². The summed E-state index contributed by atoms with van der Waals surface area (Å²) in [6, 6.07) is 12.2. The molecule has 0 atom stereocenters. The molecule has 2 aromatic carbocycles. The number of carbonyl (C=O) groups is 2. The largest absolute Gasteiger partial charge is 0.465 e. The number of benzene rings is 2. The standard InChI is InChI=1S/C17H14FNO3/c1-22-17(21)13-3-2-4-15(11-13)19-16(20)10-7-12-5-8-14(18)9-6-12/h2-11H,1H3,(H,19,20)/b10-7+. The highest BCUT2D eigenvalue weighted by Crippen LogP contribution is 2.12. The number of rotatable bonds is 4. The predicted molar refractivity (Wildman–Crippen MR) is 81.8 cm³/mol. The third-order valence-electron chi connectivity index (χ3n) is 2.85. The molecule has 4 nitrogen and oxygen atoms in total. The van der Waals surface area contributed by atoms with Crippen molar-refractivity contribution in [3.63, 3.8) is 0 Å². The fourth-order valence-corrected chi connectivity index (χ4v) is 1.77. The molecule has 0 saturated heterocycles. The highest BCUT2D eigenvalue weighted by atomic mass is 19.1. The van der Waals surface area contributed by atoms with Crippen molar-refractivity contribution >= 4 is 23.6 Å². The topological polar surface area (TPSA) is 55.4 Å². The van der Waals surface area contributed by atoms with Gasteiger partial charge in [-0.15, -0.1) is 0 Å². The van der Waals surface area contributed by atoms with E-state index in [-0.39, 0.29) is 11.7 Å². The lowest BCUT2D eigenvalue weighted by Crippen LogP contribution is -2.09. The smallest absolute Gasteiger partial charge is 0.337 e. The van der Waals surface area contributed by atoms with E-state index in [2.05, 4.69) is 10.1 Å². The number of ether oxygens (including phenoxy) is 1. The van der Waals surface area contributed by atoms with Crippen molar-refractivity contribution in [1.29, 1.82) is 0 Å². The maximum atomic E-state index is 12.8. The Balaban J connectivity index is 2.02. The van der Waals surface area contributed by atoms with Gasteiger partial charge in [0.05, 0.1) is 12.7 Å². The Morgan fingerprint density at radius 2 is 1.86 bits per heavy atom. The lowest BCUT2D eigenvalue weighted by atomic mass is 10.2.